The van der Waals surface area contributed by atoms with Crippen LogP contribution in [0, 0.1) is 0 Å². The van der Waals surface area contributed by atoms with Crippen molar-refractivity contribution in [1.29, 1.82) is 0 Å². The fourth-order valence-corrected chi connectivity index (χ4v) is 3.68. The summed E-state index contributed by atoms with van der Waals surface area (Å²) in [4.78, 5) is 11.1. The highest BCUT2D eigenvalue weighted by Crippen LogP contribution is 2.28. The third-order valence-corrected chi connectivity index (χ3v) is 5.30. The number of carboxylic acid groups (broad SMARTS) is 1. The number of hydrogen-bond donors (Lipinski definition) is 2. The molecule has 3 aromatic rings. The monoisotopic (exact) mass is 437 g/mol. The van der Waals surface area contributed by atoms with Crippen molar-refractivity contribution in [2.45, 2.75) is 11.3 Å². The van der Waals surface area contributed by atoms with Crippen LogP contribution in [0.25, 0.3) is 11.1 Å². The van der Waals surface area contributed by atoms with Gasteiger partial charge in [-0.15, -0.1) is 13.2 Å². The molecule has 0 spiro atoms. The van der Waals surface area contributed by atoms with Crippen molar-refractivity contribution in [3.63, 3.8) is 0 Å². The fraction of sp³-hybridized carbons (Fsp3) is 0.0500. The third-order valence-electron chi connectivity index (χ3n) is 3.91. The largest absolute Gasteiger partial charge is 0.573 e. The summed E-state index contributed by atoms with van der Waals surface area (Å²) in [7, 11) is -4.19. The van der Waals surface area contributed by atoms with Crippen LogP contribution >= 0.6 is 0 Å². The summed E-state index contributed by atoms with van der Waals surface area (Å²) in [6.45, 7) is 0. The molecule has 3 aromatic carbocycles. The van der Waals surface area contributed by atoms with Crippen LogP contribution in [0.3, 0.4) is 0 Å². The molecule has 156 valence electrons. The first-order valence-electron chi connectivity index (χ1n) is 8.36. The van der Waals surface area contributed by atoms with Gasteiger partial charge in [0.25, 0.3) is 10.0 Å². The number of rotatable bonds is 6. The molecule has 0 aliphatic heterocycles. The smallest absolute Gasteiger partial charge is 0.478 e. The van der Waals surface area contributed by atoms with Gasteiger partial charge in [-0.1, -0.05) is 30.3 Å². The number of benzene rings is 3. The van der Waals surface area contributed by atoms with Crippen LogP contribution in [0.5, 0.6) is 5.75 Å². The van der Waals surface area contributed by atoms with E-state index in [1.165, 1.54) is 12.1 Å². The maximum absolute atomic E-state index is 12.6. The first-order chi connectivity index (χ1) is 14.0. The summed E-state index contributed by atoms with van der Waals surface area (Å²) in [5, 5.41) is 9.34. The number of hydrogen-bond acceptors (Lipinski definition) is 4. The molecule has 0 fully saturated rings. The van der Waals surface area contributed by atoms with E-state index in [0.29, 0.717) is 11.1 Å². The van der Waals surface area contributed by atoms with Gasteiger partial charge in [0.2, 0.25) is 0 Å². The predicted octanol–water partition coefficient (Wildman–Crippen LogP) is 4.75. The first kappa shape index (κ1) is 21.2. The number of sulfonamides is 1. The Hall–Kier alpha value is -3.53. The van der Waals surface area contributed by atoms with Gasteiger partial charge in [-0.05, 0) is 53.6 Å². The Morgan fingerprint density at radius 1 is 0.900 bits per heavy atom. The minimum Gasteiger partial charge on any atom is -0.478 e. The van der Waals surface area contributed by atoms with Gasteiger partial charge in [-0.25, -0.2) is 13.2 Å². The van der Waals surface area contributed by atoms with Crippen molar-refractivity contribution in [1.82, 2.24) is 0 Å². The highest BCUT2D eigenvalue weighted by molar-refractivity contribution is 7.92. The summed E-state index contributed by atoms with van der Waals surface area (Å²) in [5.41, 5.74) is 1.00. The minimum atomic E-state index is -4.90. The SMILES string of the molecule is O=C(O)c1cc(NS(=O)(=O)c2ccc(OC(F)(F)F)cc2)cc(-c2ccccc2)c1. The molecule has 0 unspecified atom stereocenters. The van der Waals surface area contributed by atoms with E-state index in [1.807, 2.05) is 0 Å². The minimum absolute atomic E-state index is 0.00984. The lowest BCUT2D eigenvalue weighted by Crippen LogP contribution is -2.17. The fourth-order valence-electron chi connectivity index (χ4n) is 2.64. The van der Waals surface area contributed by atoms with Crippen molar-refractivity contribution in [2.75, 3.05) is 4.72 Å². The van der Waals surface area contributed by atoms with Gasteiger partial charge in [0.05, 0.1) is 16.1 Å². The van der Waals surface area contributed by atoms with Gasteiger partial charge in [0.1, 0.15) is 5.75 Å². The quantitative estimate of drug-likeness (QED) is 0.581. The van der Waals surface area contributed by atoms with E-state index in [0.717, 1.165) is 30.3 Å². The molecule has 6 nitrogen and oxygen atoms in total. The number of aromatic carboxylic acids is 1. The number of nitrogens with one attached hydrogen (secondary N) is 1. The van der Waals surface area contributed by atoms with Crippen molar-refractivity contribution in [2.24, 2.45) is 0 Å². The second kappa shape index (κ2) is 8.07. The Morgan fingerprint density at radius 3 is 2.10 bits per heavy atom. The Balaban J connectivity index is 1.92. The van der Waals surface area contributed by atoms with Gasteiger partial charge in [0, 0.05) is 0 Å². The molecule has 3 rings (SSSR count). The van der Waals surface area contributed by atoms with E-state index < -0.39 is 28.1 Å². The molecule has 10 heteroatoms. The highest BCUT2D eigenvalue weighted by atomic mass is 32.2. The molecule has 0 amide bonds. The second-order valence-electron chi connectivity index (χ2n) is 6.09. The number of halogens is 3. The lowest BCUT2D eigenvalue weighted by Gasteiger charge is -2.12. The van der Waals surface area contributed by atoms with Gasteiger partial charge in [0.15, 0.2) is 0 Å². The van der Waals surface area contributed by atoms with Gasteiger partial charge < -0.3 is 9.84 Å². The molecular weight excluding hydrogens is 423 g/mol. The summed E-state index contributed by atoms with van der Waals surface area (Å²) >= 11 is 0. The van der Waals surface area contributed by atoms with E-state index in [-0.39, 0.29) is 16.1 Å². The molecule has 0 aliphatic rings. The molecular formula is C20H14F3NO5S. The van der Waals surface area contributed by atoms with E-state index in [4.69, 9.17) is 0 Å². The van der Waals surface area contributed by atoms with Crippen LogP contribution in [-0.2, 0) is 10.0 Å². The molecule has 0 aliphatic carbocycles. The van der Waals surface area contributed by atoms with Crippen molar-refractivity contribution >= 4 is 21.7 Å². The molecule has 0 radical (unpaired) electrons. The zero-order valence-corrected chi connectivity index (χ0v) is 15.9. The lowest BCUT2D eigenvalue weighted by molar-refractivity contribution is -0.274. The predicted molar refractivity (Wildman–Crippen MR) is 103 cm³/mol. The van der Waals surface area contributed by atoms with E-state index >= 15 is 0 Å². The summed E-state index contributed by atoms with van der Waals surface area (Å²) < 4.78 is 67.9. The standard InChI is InChI=1S/C20H14F3NO5S/c21-20(22,23)29-17-6-8-18(9-7-17)30(27,28)24-16-11-14(10-15(12-16)19(25)26)13-4-2-1-3-5-13/h1-12,24H,(H,25,26). The van der Waals surface area contributed by atoms with Crippen molar-refractivity contribution in [3.8, 4) is 16.9 Å². The third kappa shape index (κ3) is 5.29. The number of alkyl halides is 3. The Bertz CT molecular complexity index is 1160. The van der Waals surface area contributed by atoms with Crippen LogP contribution in [0.15, 0.2) is 77.7 Å². The number of carboxylic acids is 1. The zero-order chi connectivity index (χ0) is 21.9. The number of carbonyl (C=O) groups is 1. The van der Waals surface area contributed by atoms with Crippen LogP contribution in [-0.4, -0.2) is 25.9 Å². The Labute approximate surface area is 169 Å². The zero-order valence-electron chi connectivity index (χ0n) is 15.1. The average Bonchev–Trinajstić information content (AvgIpc) is 2.67. The molecule has 30 heavy (non-hydrogen) atoms. The average molecular weight is 437 g/mol. The van der Waals surface area contributed by atoms with Crippen LogP contribution in [0.4, 0.5) is 18.9 Å². The van der Waals surface area contributed by atoms with E-state index in [2.05, 4.69) is 9.46 Å². The summed E-state index contributed by atoms with van der Waals surface area (Å²) in [5.74, 6) is -1.82. The van der Waals surface area contributed by atoms with Gasteiger partial charge >= 0.3 is 12.3 Å². The maximum Gasteiger partial charge on any atom is 0.573 e. The summed E-state index contributed by atoms with van der Waals surface area (Å²) in [6, 6.07) is 16.4. The van der Waals surface area contributed by atoms with E-state index in [9.17, 15) is 31.5 Å². The van der Waals surface area contributed by atoms with Gasteiger partial charge in [-0.2, -0.15) is 0 Å². The molecule has 2 N–H and O–H groups in total. The molecule has 0 aromatic heterocycles. The topological polar surface area (TPSA) is 92.7 Å². The summed E-state index contributed by atoms with van der Waals surface area (Å²) in [6.07, 6.45) is -4.90. The van der Waals surface area contributed by atoms with Crippen LogP contribution in [0.1, 0.15) is 10.4 Å². The van der Waals surface area contributed by atoms with Crippen LogP contribution < -0.4 is 9.46 Å². The van der Waals surface area contributed by atoms with Gasteiger partial charge in [-0.3, -0.25) is 4.72 Å². The van der Waals surface area contributed by atoms with Crippen molar-refractivity contribution < 1.29 is 36.2 Å². The molecule has 0 heterocycles. The molecule has 0 bridgehead atoms. The molecule has 0 atom stereocenters. The Kier molecular flexibility index (Phi) is 5.70. The number of anilines is 1. The number of ether oxygens (including phenoxy) is 1. The maximum atomic E-state index is 12.6. The van der Waals surface area contributed by atoms with Crippen LogP contribution in [0.2, 0.25) is 0 Å². The normalized spacial score (nSPS) is 11.7. The lowest BCUT2D eigenvalue weighted by atomic mass is 10.0. The van der Waals surface area contributed by atoms with E-state index in [1.54, 1.807) is 30.3 Å². The highest BCUT2D eigenvalue weighted by Gasteiger charge is 2.31. The van der Waals surface area contributed by atoms with Crippen molar-refractivity contribution in [3.05, 3.63) is 78.4 Å². The first-order valence-corrected chi connectivity index (χ1v) is 9.84. The molecule has 0 saturated carbocycles. The second-order valence-corrected chi connectivity index (χ2v) is 7.78. The molecule has 0 saturated heterocycles. The Morgan fingerprint density at radius 2 is 1.53 bits per heavy atom.